The summed E-state index contributed by atoms with van der Waals surface area (Å²) in [6.45, 7) is 2.11. The molecule has 0 atom stereocenters. The van der Waals surface area contributed by atoms with Gasteiger partial charge in [-0.05, 0) is 47.0 Å². The van der Waals surface area contributed by atoms with Gasteiger partial charge in [0.25, 0.3) is 5.91 Å². The van der Waals surface area contributed by atoms with Gasteiger partial charge in [-0.1, -0.05) is 13.3 Å². The van der Waals surface area contributed by atoms with Crippen molar-refractivity contribution in [2.75, 3.05) is 11.1 Å². The molecule has 26 heavy (non-hydrogen) atoms. The molecule has 0 saturated heterocycles. The van der Waals surface area contributed by atoms with E-state index >= 15 is 0 Å². The number of nitrogen functional groups attached to an aromatic ring is 1. The van der Waals surface area contributed by atoms with Crippen LogP contribution >= 0.6 is 27.3 Å². The van der Waals surface area contributed by atoms with E-state index in [9.17, 15) is 13.6 Å². The second kappa shape index (κ2) is 7.67. The van der Waals surface area contributed by atoms with Crippen LogP contribution in [0.3, 0.4) is 0 Å². The van der Waals surface area contributed by atoms with Crippen LogP contribution in [0.15, 0.2) is 28.7 Å². The standard InChI is InChI=1S/C18H16BrF2N3OS/c1-2-3-4-10-5-6-11-14(22)16(26-18(11)23-10)17(25)24-15-12(19)7-9(20)8-13(15)21/h5-8H,2-4,22H2,1H3,(H,24,25). The molecule has 3 rings (SSSR count). The van der Waals surface area contributed by atoms with Gasteiger partial charge in [0, 0.05) is 21.6 Å². The highest BCUT2D eigenvalue weighted by atomic mass is 79.9. The van der Waals surface area contributed by atoms with Crippen LogP contribution in [0.5, 0.6) is 0 Å². The van der Waals surface area contributed by atoms with Gasteiger partial charge in [-0.25, -0.2) is 13.8 Å². The van der Waals surface area contributed by atoms with Gasteiger partial charge in [-0.2, -0.15) is 0 Å². The highest BCUT2D eigenvalue weighted by Gasteiger charge is 2.20. The molecule has 8 heteroatoms. The molecule has 0 aliphatic rings. The minimum Gasteiger partial charge on any atom is -0.397 e. The topological polar surface area (TPSA) is 68.0 Å². The molecule has 2 aromatic heterocycles. The van der Waals surface area contributed by atoms with E-state index in [-0.39, 0.29) is 15.0 Å². The maximum atomic E-state index is 13.9. The number of nitrogens with zero attached hydrogens (tertiary/aromatic N) is 1. The van der Waals surface area contributed by atoms with Crippen LogP contribution in [0.2, 0.25) is 0 Å². The summed E-state index contributed by atoms with van der Waals surface area (Å²) in [7, 11) is 0. The summed E-state index contributed by atoms with van der Waals surface area (Å²) >= 11 is 4.20. The molecular formula is C18H16BrF2N3OS. The first-order valence-corrected chi connectivity index (χ1v) is 9.65. The lowest BCUT2D eigenvalue weighted by Crippen LogP contribution is -2.13. The molecule has 1 aromatic carbocycles. The van der Waals surface area contributed by atoms with Crippen LogP contribution in [-0.2, 0) is 6.42 Å². The van der Waals surface area contributed by atoms with Gasteiger partial charge < -0.3 is 11.1 Å². The maximum Gasteiger partial charge on any atom is 0.268 e. The normalized spacial score (nSPS) is 11.1. The fourth-order valence-electron chi connectivity index (χ4n) is 2.53. The molecule has 0 spiro atoms. The van der Waals surface area contributed by atoms with Crippen LogP contribution in [-0.4, -0.2) is 10.9 Å². The lowest BCUT2D eigenvalue weighted by atomic mass is 10.1. The van der Waals surface area contributed by atoms with E-state index in [1.807, 2.05) is 12.1 Å². The van der Waals surface area contributed by atoms with Crippen molar-refractivity contribution in [3.63, 3.8) is 0 Å². The van der Waals surface area contributed by atoms with E-state index in [1.54, 1.807) is 0 Å². The number of unbranched alkanes of at least 4 members (excludes halogenated alkanes) is 1. The van der Waals surface area contributed by atoms with Gasteiger partial charge in [0.1, 0.15) is 15.5 Å². The lowest BCUT2D eigenvalue weighted by molar-refractivity contribution is 0.103. The number of rotatable bonds is 5. The maximum absolute atomic E-state index is 13.9. The number of fused-ring (bicyclic) bond motifs is 1. The Morgan fingerprint density at radius 1 is 1.35 bits per heavy atom. The highest BCUT2D eigenvalue weighted by molar-refractivity contribution is 9.10. The summed E-state index contributed by atoms with van der Waals surface area (Å²) in [4.78, 5) is 18.0. The summed E-state index contributed by atoms with van der Waals surface area (Å²) in [5.41, 5.74) is 7.20. The average molecular weight is 440 g/mol. The average Bonchev–Trinajstić information content (AvgIpc) is 2.92. The van der Waals surface area contributed by atoms with Crippen molar-refractivity contribution in [2.45, 2.75) is 26.2 Å². The predicted molar refractivity (Wildman–Crippen MR) is 105 cm³/mol. The molecule has 2 heterocycles. The Balaban J connectivity index is 1.92. The number of nitrogens with one attached hydrogen (secondary N) is 1. The number of benzene rings is 1. The van der Waals surface area contributed by atoms with Gasteiger partial charge in [0.15, 0.2) is 5.82 Å². The van der Waals surface area contributed by atoms with E-state index < -0.39 is 17.5 Å². The number of pyridine rings is 1. The molecule has 0 aliphatic carbocycles. The number of halogens is 3. The molecule has 0 radical (unpaired) electrons. The predicted octanol–water partition coefficient (Wildman–Crippen LogP) is 5.51. The third kappa shape index (κ3) is 3.71. The van der Waals surface area contributed by atoms with Gasteiger partial charge in [0.2, 0.25) is 0 Å². The Kier molecular flexibility index (Phi) is 5.52. The lowest BCUT2D eigenvalue weighted by Gasteiger charge is -2.08. The van der Waals surface area contributed by atoms with Crippen molar-refractivity contribution in [1.82, 2.24) is 4.98 Å². The Morgan fingerprint density at radius 3 is 2.81 bits per heavy atom. The van der Waals surface area contributed by atoms with Crippen LogP contribution < -0.4 is 11.1 Å². The van der Waals surface area contributed by atoms with E-state index in [0.29, 0.717) is 22.0 Å². The molecule has 0 bridgehead atoms. The van der Waals surface area contributed by atoms with Crippen molar-refractivity contribution < 1.29 is 13.6 Å². The minimum atomic E-state index is -0.870. The Labute approximate surface area is 161 Å². The number of aromatic nitrogens is 1. The molecule has 1 amide bonds. The fraction of sp³-hybridized carbons (Fsp3) is 0.222. The molecule has 0 aliphatic heterocycles. The summed E-state index contributed by atoms with van der Waals surface area (Å²) in [5.74, 6) is -2.17. The SMILES string of the molecule is CCCCc1ccc2c(N)c(C(=O)Nc3c(F)cc(F)cc3Br)sc2n1. The molecule has 4 nitrogen and oxygen atoms in total. The van der Waals surface area contributed by atoms with E-state index in [0.717, 1.165) is 42.4 Å². The number of aryl methyl sites for hydroxylation is 1. The molecule has 3 aromatic rings. The van der Waals surface area contributed by atoms with Crippen LogP contribution in [0, 0.1) is 11.6 Å². The van der Waals surface area contributed by atoms with Gasteiger partial charge in [-0.3, -0.25) is 4.79 Å². The number of nitrogens with two attached hydrogens (primary N) is 1. The van der Waals surface area contributed by atoms with Gasteiger partial charge in [0.05, 0.1) is 11.4 Å². The number of thiophene rings is 1. The summed E-state index contributed by atoms with van der Waals surface area (Å²) in [6.07, 6.45) is 2.96. The third-order valence-corrected chi connectivity index (χ3v) is 5.63. The first-order chi connectivity index (χ1) is 12.4. The van der Waals surface area contributed by atoms with Crippen molar-refractivity contribution in [3.05, 3.63) is 50.9 Å². The number of anilines is 2. The molecular weight excluding hydrogens is 424 g/mol. The van der Waals surface area contributed by atoms with Crippen molar-refractivity contribution >= 4 is 54.8 Å². The number of hydrogen-bond acceptors (Lipinski definition) is 4. The smallest absolute Gasteiger partial charge is 0.268 e. The molecule has 136 valence electrons. The number of carbonyl (C=O) groups excluding carboxylic acids is 1. The van der Waals surface area contributed by atoms with E-state index in [2.05, 4.69) is 33.2 Å². The van der Waals surface area contributed by atoms with E-state index in [1.165, 1.54) is 0 Å². The zero-order valence-corrected chi connectivity index (χ0v) is 16.3. The summed E-state index contributed by atoms with van der Waals surface area (Å²) in [5, 5.41) is 3.14. The highest BCUT2D eigenvalue weighted by Crippen LogP contribution is 2.34. The fourth-order valence-corrected chi connectivity index (χ4v) is 4.05. The minimum absolute atomic E-state index is 0.114. The monoisotopic (exact) mass is 439 g/mol. The molecule has 3 N–H and O–H groups in total. The molecule has 0 saturated carbocycles. The number of hydrogen-bond donors (Lipinski definition) is 2. The Bertz CT molecular complexity index is 967. The number of carbonyl (C=O) groups is 1. The Morgan fingerprint density at radius 2 is 2.12 bits per heavy atom. The zero-order valence-electron chi connectivity index (χ0n) is 13.9. The quantitative estimate of drug-likeness (QED) is 0.550. The molecule has 0 unspecified atom stereocenters. The van der Waals surface area contributed by atoms with E-state index in [4.69, 9.17) is 5.73 Å². The zero-order chi connectivity index (χ0) is 18.8. The van der Waals surface area contributed by atoms with Crippen LogP contribution in [0.25, 0.3) is 10.2 Å². The van der Waals surface area contributed by atoms with Gasteiger partial charge in [-0.15, -0.1) is 11.3 Å². The van der Waals surface area contributed by atoms with Crippen molar-refractivity contribution in [2.24, 2.45) is 0 Å². The summed E-state index contributed by atoms with van der Waals surface area (Å²) in [6, 6.07) is 5.54. The summed E-state index contributed by atoms with van der Waals surface area (Å²) < 4.78 is 27.2. The Hall–Kier alpha value is -2.06. The largest absolute Gasteiger partial charge is 0.397 e. The molecule has 0 fully saturated rings. The van der Waals surface area contributed by atoms with Crippen LogP contribution in [0.4, 0.5) is 20.2 Å². The van der Waals surface area contributed by atoms with Crippen molar-refractivity contribution in [3.8, 4) is 0 Å². The van der Waals surface area contributed by atoms with Gasteiger partial charge >= 0.3 is 0 Å². The second-order valence-corrected chi connectivity index (χ2v) is 7.66. The first kappa shape index (κ1) is 18.7. The third-order valence-electron chi connectivity index (χ3n) is 3.89. The number of amides is 1. The second-order valence-electron chi connectivity index (χ2n) is 5.80. The van der Waals surface area contributed by atoms with Crippen molar-refractivity contribution in [1.29, 1.82) is 0 Å². The first-order valence-electron chi connectivity index (χ1n) is 8.04. The van der Waals surface area contributed by atoms with Crippen LogP contribution in [0.1, 0.15) is 35.1 Å².